The van der Waals surface area contributed by atoms with E-state index in [9.17, 15) is 0 Å². The molecule has 0 saturated heterocycles. The highest BCUT2D eigenvalue weighted by Gasteiger charge is 2.24. The maximum absolute atomic E-state index is 5.52. The predicted molar refractivity (Wildman–Crippen MR) is 72.8 cm³/mol. The Kier molecular flexibility index (Phi) is 3.22. The molecule has 3 nitrogen and oxygen atoms in total. The average molecular weight is 262 g/mol. The second-order valence-electron chi connectivity index (χ2n) is 4.96. The molecule has 2 aromatic heterocycles. The van der Waals surface area contributed by atoms with Gasteiger partial charge in [-0.15, -0.1) is 11.3 Å². The van der Waals surface area contributed by atoms with E-state index >= 15 is 0 Å². The molecule has 3 rings (SSSR count). The third kappa shape index (κ3) is 2.22. The molecule has 0 spiro atoms. The number of rotatable bonds is 3. The summed E-state index contributed by atoms with van der Waals surface area (Å²) in [6, 6.07) is 2.81. The summed E-state index contributed by atoms with van der Waals surface area (Å²) in [5, 5.41) is 6.96. The Morgan fingerprint density at radius 3 is 3.22 bits per heavy atom. The Balaban J connectivity index is 1.74. The van der Waals surface area contributed by atoms with Crippen LogP contribution >= 0.6 is 11.3 Å². The number of nitrogens with zero attached hydrogens (tertiary/aromatic N) is 1. The lowest BCUT2D eigenvalue weighted by atomic mass is 9.93. The number of aromatic nitrogens is 1. The van der Waals surface area contributed by atoms with Crippen molar-refractivity contribution in [2.75, 3.05) is 0 Å². The molecule has 1 aliphatic carbocycles. The first-order valence-corrected chi connectivity index (χ1v) is 7.36. The van der Waals surface area contributed by atoms with Gasteiger partial charge in [-0.3, -0.25) is 0 Å². The topological polar surface area (TPSA) is 38.1 Å². The Morgan fingerprint density at radius 1 is 1.56 bits per heavy atom. The highest BCUT2D eigenvalue weighted by Crippen LogP contribution is 2.32. The van der Waals surface area contributed by atoms with E-state index in [2.05, 4.69) is 28.7 Å². The van der Waals surface area contributed by atoms with Gasteiger partial charge in [-0.2, -0.15) is 0 Å². The van der Waals surface area contributed by atoms with E-state index in [0.717, 1.165) is 17.9 Å². The Bertz CT molecular complexity index is 531. The monoisotopic (exact) mass is 262 g/mol. The van der Waals surface area contributed by atoms with Gasteiger partial charge in [0.25, 0.3) is 0 Å². The summed E-state index contributed by atoms with van der Waals surface area (Å²) in [4.78, 5) is 4.55. The minimum absolute atomic E-state index is 0.301. The molecule has 96 valence electrons. The first kappa shape index (κ1) is 11.9. The molecular weight excluding hydrogens is 244 g/mol. The molecule has 0 amide bonds. The number of hydrogen-bond donors (Lipinski definition) is 1. The van der Waals surface area contributed by atoms with Crippen molar-refractivity contribution in [3.8, 4) is 0 Å². The fourth-order valence-electron chi connectivity index (χ4n) is 2.60. The van der Waals surface area contributed by atoms with Gasteiger partial charge in [0.05, 0.1) is 12.3 Å². The van der Waals surface area contributed by atoms with E-state index < -0.39 is 0 Å². The third-order valence-electron chi connectivity index (χ3n) is 3.51. The van der Waals surface area contributed by atoms with Crippen LogP contribution in [0.5, 0.6) is 0 Å². The number of fused-ring (bicyclic) bond motifs is 1. The van der Waals surface area contributed by atoms with Gasteiger partial charge in [0, 0.05) is 29.1 Å². The third-order valence-corrected chi connectivity index (χ3v) is 4.66. The summed E-state index contributed by atoms with van der Waals surface area (Å²) >= 11 is 1.73. The van der Waals surface area contributed by atoms with E-state index in [1.807, 2.05) is 13.2 Å². The number of hydrogen-bond acceptors (Lipinski definition) is 4. The first-order chi connectivity index (χ1) is 8.74. The van der Waals surface area contributed by atoms with Gasteiger partial charge in [-0.1, -0.05) is 0 Å². The fraction of sp³-hybridized carbons (Fsp3) is 0.500. The van der Waals surface area contributed by atoms with Crippen molar-refractivity contribution in [3.05, 3.63) is 39.7 Å². The van der Waals surface area contributed by atoms with Crippen molar-refractivity contribution in [2.45, 2.75) is 45.2 Å². The van der Waals surface area contributed by atoms with Gasteiger partial charge in [-0.25, -0.2) is 4.98 Å². The lowest BCUT2D eigenvalue weighted by molar-refractivity contribution is 0.385. The van der Waals surface area contributed by atoms with Crippen molar-refractivity contribution in [3.63, 3.8) is 0 Å². The molecule has 0 aromatic carbocycles. The Labute approximate surface area is 111 Å². The predicted octanol–water partition coefficient (Wildman–Crippen LogP) is 3.77. The number of aryl methyl sites for hydroxylation is 2. The zero-order valence-electron chi connectivity index (χ0n) is 10.8. The Hall–Kier alpha value is -1.13. The summed E-state index contributed by atoms with van der Waals surface area (Å²) < 4.78 is 5.52. The van der Waals surface area contributed by atoms with Crippen LogP contribution in [0.4, 0.5) is 0 Å². The van der Waals surface area contributed by atoms with Crippen molar-refractivity contribution >= 4 is 11.3 Å². The molecule has 2 aromatic rings. The van der Waals surface area contributed by atoms with Gasteiger partial charge < -0.3 is 9.73 Å². The molecule has 0 radical (unpaired) electrons. The largest absolute Gasteiger partial charge is 0.469 e. The summed E-state index contributed by atoms with van der Waals surface area (Å²) in [6.07, 6.45) is 5.26. The van der Waals surface area contributed by atoms with Gasteiger partial charge >= 0.3 is 0 Å². The zero-order chi connectivity index (χ0) is 12.5. The average Bonchev–Trinajstić information content (AvgIpc) is 2.97. The lowest BCUT2D eigenvalue weighted by Gasteiger charge is -2.25. The second kappa shape index (κ2) is 4.86. The van der Waals surface area contributed by atoms with Gasteiger partial charge in [0.15, 0.2) is 0 Å². The Morgan fingerprint density at radius 2 is 2.44 bits per heavy atom. The van der Waals surface area contributed by atoms with E-state index in [-0.39, 0.29) is 0 Å². The summed E-state index contributed by atoms with van der Waals surface area (Å²) in [5.74, 6) is 1.15. The van der Waals surface area contributed by atoms with E-state index in [1.54, 1.807) is 11.3 Å². The zero-order valence-corrected chi connectivity index (χ0v) is 11.6. The maximum Gasteiger partial charge on any atom is 0.110 e. The van der Waals surface area contributed by atoms with Crippen LogP contribution in [0.3, 0.4) is 0 Å². The highest BCUT2D eigenvalue weighted by molar-refractivity contribution is 7.09. The van der Waals surface area contributed by atoms with Crippen molar-refractivity contribution in [1.82, 2.24) is 10.3 Å². The highest BCUT2D eigenvalue weighted by atomic mass is 32.1. The van der Waals surface area contributed by atoms with E-state index in [4.69, 9.17) is 4.42 Å². The molecule has 2 atom stereocenters. The van der Waals surface area contributed by atoms with Crippen LogP contribution in [0.2, 0.25) is 0 Å². The molecule has 1 N–H and O–H groups in total. The molecule has 4 heteroatoms. The summed E-state index contributed by atoms with van der Waals surface area (Å²) in [7, 11) is 0. The molecule has 0 bridgehead atoms. The van der Waals surface area contributed by atoms with E-state index in [0.29, 0.717) is 12.1 Å². The normalized spacial score (nSPS) is 20.7. The van der Waals surface area contributed by atoms with Gasteiger partial charge in [0.2, 0.25) is 0 Å². The van der Waals surface area contributed by atoms with Gasteiger partial charge in [-0.05, 0) is 32.8 Å². The quantitative estimate of drug-likeness (QED) is 0.915. The first-order valence-electron chi connectivity index (χ1n) is 6.48. The summed E-state index contributed by atoms with van der Waals surface area (Å²) in [5.41, 5.74) is 2.44. The van der Waals surface area contributed by atoms with E-state index in [1.165, 1.54) is 23.4 Å². The molecule has 2 unspecified atom stereocenters. The van der Waals surface area contributed by atoms with Crippen LogP contribution in [0.25, 0.3) is 0 Å². The van der Waals surface area contributed by atoms with Gasteiger partial charge in [0.1, 0.15) is 10.8 Å². The standard InChI is InChI=1S/C14H18N2OS/c1-9-8-18-14(15-9)10(2)16-12-4-3-5-13-11(12)6-7-17-13/h6-8,10,12,16H,3-5H2,1-2H3. The smallest absolute Gasteiger partial charge is 0.110 e. The lowest BCUT2D eigenvalue weighted by Crippen LogP contribution is -2.27. The summed E-state index contributed by atoms with van der Waals surface area (Å²) in [6.45, 7) is 4.23. The second-order valence-corrected chi connectivity index (χ2v) is 5.85. The van der Waals surface area contributed by atoms with Crippen molar-refractivity contribution in [1.29, 1.82) is 0 Å². The number of furan rings is 1. The number of nitrogens with one attached hydrogen (secondary N) is 1. The molecular formula is C14H18N2OS. The van der Waals surface area contributed by atoms with Crippen LogP contribution in [0.1, 0.15) is 53.9 Å². The van der Waals surface area contributed by atoms with Crippen molar-refractivity contribution in [2.24, 2.45) is 0 Å². The van der Waals surface area contributed by atoms with Crippen LogP contribution < -0.4 is 5.32 Å². The molecule has 0 fully saturated rings. The van der Waals surface area contributed by atoms with Crippen LogP contribution in [0, 0.1) is 6.92 Å². The molecule has 1 aliphatic rings. The molecule has 0 saturated carbocycles. The maximum atomic E-state index is 5.52. The number of thiazole rings is 1. The van der Waals surface area contributed by atoms with Crippen molar-refractivity contribution < 1.29 is 4.42 Å². The molecule has 2 heterocycles. The molecule has 0 aliphatic heterocycles. The van der Waals surface area contributed by atoms with Crippen LogP contribution in [0.15, 0.2) is 22.1 Å². The minimum Gasteiger partial charge on any atom is -0.469 e. The SMILES string of the molecule is Cc1csc(C(C)NC2CCCc3occc32)n1. The van der Waals surface area contributed by atoms with Crippen LogP contribution in [-0.2, 0) is 6.42 Å². The van der Waals surface area contributed by atoms with Crippen LogP contribution in [-0.4, -0.2) is 4.98 Å². The minimum atomic E-state index is 0.301. The fourth-order valence-corrected chi connectivity index (χ4v) is 3.42. The molecule has 18 heavy (non-hydrogen) atoms.